The van der Waals surface area contributed by atoms with Crippen LogP contribution in [0.3, 0.4) is 0 Å². The number of rotatable bonds is 11. The molecule has 1 saturated carbocycles. The number of ether oxygens (including phenoxy) is 2. The van der Waals surface area contributed by atoms with Crippen molar-refractivity contribution in [2.24, 2.45) is 16.2 Å². The van der Waals surface area contributed by atoms with Gasteiger partial charge in [0.25, 0.3) is 0 Å². The standard InChI is InChI=1S/C19H34O6/c1-17(2,3)13-24-15(22)7-5-6-8-16(23)25-14-19(9-10-19)18(4,11-20)12-21/h20-21H,5-14H2,1-4H3. The molecule has 6 heteroatoms. The number of carbonyl (C=O) groups excluding carboxylic acids is 2. The van der Waals surface area contributed by atoms with Crippen LogP contribution in [0.15, 0.2) is 0 Å². The Kier molecular flexibility index (Phi) is 7.88. The summed E-state index contributed by atoms with van der Waals surface area (Å²) in [6.45, 7) is 8.19. The predicted molar refractivity (Wildman–Crippen MR) is 93.8 cm³/mol. The first-order valence-electron chi connectivity index (χ1n) is 9.10. The van der Waals surface area contributed by atoms with Gasteiger partial charge in [0.2, 0.25) is 0 Å². The molecule has 0 amide bonds. The van der Waals surface area contributed by atoms with Gasteiger partial charge < -0.3 is 19.7 Å². The van der Waals surface area contributed by atoms with E-state index in [-0.39, 0.29) is 49.0 Å². The Morgan fingerprint density at radius 3 is 1.80 bits per heavy atom. The first kappa shape index (κ1) is 21.9. The normalized spacial score (nSPS) is 16.4. The summed E-state index contributed by atoms with van der Waals surface area (Å²) < 4.78 is 10.5. The number of unbranched alkanes of at least 4 members (excludes halogenated alkanes) is 1. The van der Waals surface area contributed by atoms with E-state index in [1.54, 1.807) is 0 Å². The fourth-order valence-corrected chi connectivity index (χ4v) is 2.66. The van der Waals surface area contributed by atoms with E-state index in [0.717, 1.165) is 12.8 Å². The zero-order chi connectivity index (χ0) is 19.1. The zero-order valence-corrected chi connectivity index (χ0v) is 16.1. The van der Waals surface area contributed by atoms with Crippen LogP contribution in [-0.4, -0.2) is 48.6 Å². The van der Waals surface area contributed by atoms with Gasteiger partial charge in [-0.3, -0.25) is 9.59 Å². The molecule has 1 rings (SSSR count). The second-order valence-corrected chi connectivity index (χ2v) is 8.75. The average Bonchev–Trinajstić information content (AvgIpc) is 3.35. The van der Waals surface area contributed by atoms with E-state index in [2.05, 4.69) is 0 Å². The maximum atomic E-state index is 11.9. The first-order valence-corrected chi connectivity index (χ1v) is 9.10. The molecular formula is C19H34O6. The van der Waals surface area contributed by atoms with Crippen LogP contribution in [0, 0.1) is 16.2 Å². The van der Waals surface area contributed by atoms with Crippen molar-refractivity contribution in [3.63, 3.8) is 0 Å². The quantitative estimate of drug-likeness (QED) is 0.435. The van der Waals surface area contributed by atoms with Crippen LogP contribution < -0.4 is 0 Å². The summed E-state index contributed by atoms with van der Waals surface area (Å²) in [6, 6.07) is 0. The SMILES string of the molecule is CC(C)(C)COC(=O)CCCCC(=O)OCC1(C(C)(CO)CO)CC1. The topological polar surface area (TPSA) is 93.1 Å². The molecular weight excluding hydrogens is 324 g/mol. The van der Waals surface area contributed by atoms with Crippen molar-refractivity contribution in [3.05, 3.63) is 0 Å². The van der Waals surface area contributed by atoms with E-state index >= 15 is 0 Å². The fourth-order valence-electron chi connectivity index (χ4n) is 2.66. The summed E-state index contributed by atoms with van der Waals surface area (Å²) in [6.07, 6.45) is 3.43. The van der Waals surface area contributed by atoms with E-state index in [0.29, 0.717) is 25.9 Å². The van der Waals surface area contributed by atoms with Gasteiger partial charge in [-0.2, -0.15) is 0 Å². The molecule has 0 saturated heterocycles. The number of carbonyl (C=O) groups is 2. The molecule has 0 bridgehead atoms. The van der Waals surface area contributed by atoms with Gasteiger partial charge in [-0.25, -0.2) is 0 Å². The van der Waals surface area contributed by atoms with Gasteiger partial charge in [0.1, 0.15) is 0 Å². The molecule has 146 valence electrons. The Bertz CT molecular complexity index is 443. The molecule has 6 nitrogen and oxygen atoms in total. The summed E-state index contributed by atoms with van der Waals surface area (Å²) in [5.41, 5.74) is -0.969. The lowest BCUT2D eigenvalue weighted by Crippen LogP contribution is -2.39. The van der Waals surface area contributed by atoms with Gasteiger partial charge in [0.05, 0.1) is 26.4 Å². The molecule has 0 radical (unpaired) electrons. The Morgan fingerprint density at radius 2 is 1.40 bits per heavy atom. The zero-order valence-electron chi connectivity index (χ0n) is 16.1. The van der Waals surface area contributed by atoms with E-state index in [1.165, 1.54) is 0 Å². The van der Waals surface area contributed by atoms with Crippen molar-refractivity contribution < 1.29 is 29.3 Å². The van der Waals surface area contributed by atoms with E-state index in [4.69, 9.17) is 9.47 Å². The van der Waals surface area contributed by atoms with Gasteiger partial charge in [0.15, 0.2) is 0 Å². The highest BCUT2D eigenvalue weighted by Crippen LogP contribution is 2.58. The fraction of sp³-hybridized carbons (Fsp3) is 0.895. The molecule has 0 aromatic carbocycles. The number of aliphatic hydroxyl groups excluding tert-OH is 2. The smallest absolute Gasteiger partial charge is 0.305 e. The maximum absolute atomic E-state index is 11.9. The minimum Gasteiger partial charge on any atom is -0.465 e. The summed E-state index contributed by atoms with van der Waals surface area (Å²) >= 11 is 0. The van der Waals surface area contributed by atoms with Gasteiger partial charge in [0, 0.05) is 23.7 Å². The summed E-state index contributed by atoms with van der Waals surface area (Å²) in [5.74, 6) is -0.533. The lowest BCUT2D eigenvalue weighted by atomic mass is 9.76. The number of hydrogen-bond donors (Lipinski definition) is 2. The lowest BCUT2D eigenvalue weighted by molar-refractivity contribution is -0.150. The number of aliphatic hydroxyl groups is 2. The summed E-state index contributed by atoms with van der Waals surface area (Å²) in [4.78, 5) is 23.5. The highest BCUT2D eigenvalue weighted by Gasteiger charge is 2.57. The van der Waals surface area contributed by atoms with Crippen molar-refractivity contribution in [1.82, 2.24) is 0 Å². The second kappa shape index (κ2) is 8.99. The monoisotopic (exact) mass is 358 g/mol. The minimum absolute atomic E-state index is 0.0458. The largest absolute Gasteiger partial charge is 0.465 e. The molecule has 0 aromatic rings. The molecule has 0 heterocycles. The maximum Gasteiger partial charge on any atom is 0.305 e. The van der Waals surface area contributed by atoms with Crippen molar-refractivity contribution in [3.8, 4) is 0 Å². The molecule has 0 atom stereocenters. The molecule has 1 fully saturated rings. The molecule has 2 N–H and O–H groups in total. The molecule has 1 aliphatic rings. The Hall–Kier alpha value is -1.14. The van der Waals surface area contributed by atoms with Crippen LogP contribution in [0.25, 0.3) is 0 Å². The van der Waals surface area contributed by atoms with Crippen molar-refractivity contribution in [2.45, 2.75) is 66.2 Å². The minimum atomic E-state index is -0.621. The van der Waals surface area contributed by atoms with Gasteiger partial charge in [-0.15, -0.1) is 0 Å². The van der Waals surface area contributed by atoms with E-state index in [9.17, 15) is 19.8 Å². The van der Waals surface area contributed by atoms with Crippen LogP contribution in [0.2, 0.25) is 0 Å². The Labute approximate surface area is 150 Å². The van der Waals surface area contributed by atoms with Crippen LogP contribution in [0.5, 0.6) is 0 Å². The number of esters is 2. The molecule has 0 unspecified atom stereocenters. The third kappa shape index (κ3) is 6.94. The molecule has 0 aliphatic heterocycles. The highest BCUT2D eigenvalue weighted by atomic mass is 16.5. The van der Waals surface area contributed by atoms with Crippen LogP contribution >= 0.6 is 0 Å². The van der Waals surface area contributed by atoms with Crippen molar-refractivity contribution in [2.75, 3.05) is 26.4 Å². The Balaban J connectivity index is 2.19. The Morgan fingerprint density at radius 1 is 0.920 bits per heavy atom. The summed E-state index contributed by atoms with van der Waals surface area (Å²) in [7, 11) is 0. The molecule has 0 spiro atoms. The predicted octanol–water partition coefficient (Wildman–Crippen LogP) is 2.45. The molecule has 0 aromatic heterocycles. The van der Waals surface area contributed by atoms with Gasteiger partial charge in [-0.05, 0) is 31.1 Å². The third-order valence-corrected chi connectivity index (χ3v) is 5.02. The third-order valence-electron chi connectivity index (χ3n) is 5.02. The van der Waals surface area contributed by atoms with E-state index in [1.807, 2.05) is 27.7 Å². The first-order chi connectivity index (χ1) is 11.6. The molecule has 1 aliphatic carbocycles. The molecule has 25 heavy (non-hydrogen) atoms. The average molecular weight is 358 g/mol. The van der Waals surface area contributed by atoms with Crippen molar-refractivity contribution in [1.29, 1.82) is 0 Å². The summed E-state index contributed by atoms with van der Waals surface area (Å²) in [5, 5.41) is 19.0. The van der Waals surface area contributed by atoms with Crippen LogP contribution in [-0.2, 0) is 19.1 Å². The highest BCUT2D eigenvalue weighted by molar-refractivity contribution is 5.70. The lowest BCUT2D eigenvalue weighted by Gasteiger charge is -2.34. The van der Waals surface area contributed by atoms with E-state index < -0.39 is 5.41 Å². The van der Waals surface area contributed by atoms with Gasteiger partial charge >= 0.3 is 11.9 Å². The van der Waals surface area contributed by atoms with Crippen molar-refractivity contribution >= 4 is 11.9 Å². The van der Waals surface area contributed by atoms with Crippen LogP contribution in [0.4, 0.5) is 0 Å². The number of hydrogen-bond acceptors (Lipinski definition) is 6. The van der Waals surface area contributed by atoms with Gasteiger partial charge in [-0.1, -0.05) is 27.7 Å². The second-order valence-electron chi connectivity index (χ2n) is 8.75. The van der Waals surface area contributed by atoms with Crippen LogP contribution in [0.1, 0.15) is 66.2 Å².